The first-order valence-corrected chi connectivity index (χ1v) is 6.16. The van der Waals surface area contributed by atoms with Crippen LogP contribution in [0, 0.1) is 6.92 Å². The Hall–Kier alpha value is -0.580. The molecule has 1 heterocycles. The summed E-state index contributed by atoms with van der Waals surface area (Å²) in [5.74, 6) is 0. The number of benzene rings is 1. The van der Waals surface area contributed by atoms with Crippen LogP contribution in [0.25, 0.3) is 0 Å². The molecule has 1 aromatic rings. The Morgan fingerprint density at radius 2 is 1.73 bits per heavy atom. The second-order valence-corrected chi connectivity index (χ2v) is 5.87. The van der Waals surface area contributed by atoms with Gasteiger partial charge in [-0.1, -0.05) is 17.7 Å². The summed E-state index contributed by atoms with van der Waals surface area (Å²) < 4.78 is 23.8. The van der Waals surface area contributed by atoms with Gasteiger partial charge in [-0.3, -0.25) is 0 Å². The maximum Gasteiger partial charge on any atom is 0.183 e. The van der Waals surface area contributed by atoms with Crippen molar-refractivity contribution < 1.29 is 8.42 Å². The topological polar surface area (TPSA) is 46.2 Å². The largest absolute Gasteiger partial charge is 0.314 e. The Kier molecular flexibility index (Phi) is 3.76. The lowest BCUT2D eigenvalue weighted by Crippen LogP contribution is -2.51. The molecular formula is C10H14ClNO2S. The second-order valence-electron chi connectivity index (χ2n) is 3.64. The summed E-state index contributed by atoms with van der Waals surface area (Å²) in [6.45, 7) is 3.10. The average molecular weight is 248 g/mol. The first-order chi connectivity index (χ1) is 6.60. The molecule has 0 aliphatic carbocycles. The van der Waals surface area contributed by atoms with Crippen LogP contribution in [0.3, 0.4) is 0 Å². The number of aryl methyl sites for hydroxylation is 1. The van der Waals surface area contributed by atoms with Crippen molar-refractivity contribution in [3.63, 3.8) is 0 Å². The minimum atomic E-state index is -3.08. The summed E-state index contributed by atoms with van der Waals surface area (Å²) in [4.78, 5) is 0.439. The van der Waals surface area contributed by atoms with E-state index in [4.69, 9.17) is 0 Å². The Morgan fingerprint density at radius 3 is 2.13 bits per heavy atom. The third-order valence-electron chi connectivity index (χ3n) is 2.53. The van der Waals surface area contributed by atoms with Gasteiger partial charge in [0.1, 0.15) is 0 Å². The van der Waals surface area contributed by atoms with Gasteiger partial charge in [0.25, 0.3) is 0 Å². The molecule has 5 heteroatoms. The van der Waals surface area contributed by atoms with Gasteiger partial charge in [0, 0.05) is 13.1 Å². The molecule has 1 aliphatic heterocycles. The summed E-state index contributed by atoms with van der Waals surface area (Å²) in [6, 6.07) is 7.03. The maximum absolute atomic E-state index is 11.9. The van der Waals surface area contributed by atoms with E-state index in [1.165, 1.54) is 0 Å². The minimum absolute atomic E-state index is 0. The van der Waals surface area contributed by atoms with Crippen LogP contribution in [0.2, 0.25) is 0 Å². The van der Waals surface area contributed by atoms with Gasteiger partial charge in [0.05, 0.1) is 10.1 Å². The molecule has 0 bridgehead atoms. The van der Waals surface area contributed by atoms with Gasteiger partial charge < -0.3 is 5.32 Å². The van der Waals surface area contributed by atoms with Crippen LogP contribution >= 0.6 is 12.4 Å². The van der Waals surface area contributed by atoms with Crippen LogP contribution in [0.1, 0.15) is 5.56 Å². The molecule has 0 unspecified atom stereocenters. The van der Waals surface area contributed by atoms with Crippen LogP contribution < -0.4 is 5.32 Å². The molecule has 1 aliphatic rings. The average Bonchev–Trinajstić information content (AvgIpc) is 2.00. The van der Waals surface area contributed by atoms with Crippen molar-refractivity contribution in [2.75, 3.05) is 13.1 Å². The Morgan fingerprint density at radius 1 is 1.20 bits per heavy atom. The van der Waals surface area contributed by atoms with Crippen LogP contribution in [-0.2, 0) is 9.84 Å². The summed E-state index contributed by atoms with van der Waals surface area (Å²) >= 11 is 0. The van der Waals surface area contributed by atoms with Crippen molar-refractivity contribution in [2.24, 2.45) is 0 Å². The summed E-state index contributed by atoms with van der Waals surface area (Å²) in [7, 11) is -3.08. The first-order valence-electron chi connectivity index (χ1n) is 4.62. The highest BCUT2D eigenvalue weighted by Crippen LogP contribution is 2.18. The first kappa shape index (κ1) is 12.5. The van der Waals surface area contributed by atoms with Crippen molar-refractivity contribution in [1.29, 1.82) is 0 Å². The lowest BCUT2D eigenvalue weighted by atomic mass is 10.2. The highest BCUT2D eigenvalue weighted by Gasteiger charge is 2.32. The van der Waals surface area contributed by atoms with Gasteiger partial charge in [0.2, 0.25) is 0 Å². The quantitative estimate of drug-likeness (QED) is 0.853. The van der Waals surface area contributed by atoms with Gasteiger partial charge in [0.15, 0.2) is 9.84 Å². The highest BCUT2D eigenvalue weighted by molar-refractivity contribution is 7.92. The molecule has 15 heavy (non-hydrogen) atoms. The van der Waals surface area contributed by atoms with Gasteiger partial charge in [-0.05, 0) is 19.1 Å². The standard InChI is InChI=1S/C10H13NO2S.ClH/c1-8-2-4-9(5-3-8)14(12,13)10-6-11-7-10;/h2-5,10-11H,6-7H2,1H3;1H. The third kappa shape index (κ3) is 2.33. The molecule has 0 radical (unpaired) electrons. The number of halogens is 1. The summed E-state index contributed by atoms with van der Waals surface area (Å²) in [5, 5.41) is 2.74. The fraction of sp³-hybridized carbons (Fsp3) is 0.400. The summed E-state index contributed by atoms with van der Waals surface area (Å²) in [6.07, 6.45) is 0. The smallest absolute Gasteiger partial charge is 0.183 e. The van der Waals surface area contributed by atoms with E-state index >= 15 is 0 Å². The fourth-order valence-electron chi connectivity index (χ4n) is 1.40. The monoisotopic (exact) mass is 247 g/mol. The molecule has 0 spiro atoms. The lowest BCUT2D eigenvalue weighted by molar-refractivity contribution is 0.495. The number of nitrogens with one attached hydrogen (secondary N) is 1. The zero-order chi connectivity index (χ0) is 10.2. The SMILES string of the molecule is Cc1ccc(S(=O)(=O)C2CNC2)cc1.Cl. The molecule has 3 nitrogen and oxygen atoms in total. The van der Waals surface area contributed by atoms with E-state index in [2.05, 4.69) is 5.32 Å². The molecule has 0 amide bonds. The van der Waals surface area contributed by atoms with Crippen molar-refractivity contribution in [3.8, 4) is 0 Å². The van der Waals surface area contributed by atoms with E-state index in [0.29, 0.717) is 18.0 Å². The predicted molar refractivity (Wildman–Crippen MR) is 62.3 cm³/mol. The number of sulfone groups is 1. The molecule has 84 valence electrons. The van der Waals surface area contributed by atoms with Gasteiger partial charge in [-0.25, -0.2) is 8.42 Å². The van der Waals surface area contributed by atoms with Crippen LogP contribution in [-0.4, -0.2) is 26.8 Å². The minimum Gasteiger partial charge on any atom is -0.314 e. The van der Waals surface area contributed by atoms with Crippen molar-refractivity contribution >= 4 is 22.2 Å². The highest BCUT2D eigenvalue weighted by atomic mass is 35.5. The molecule has 1 fully saturated rings. The number of rotatable bonds is 2. The second kappa shape index (κ2) is 4.51. The third-order valence-corrected chi connectivity index (χ3v) is 4.67. The van der Waals surface area contributed by atoms with Crippen LogP contribution in [0.5, 0.6) is 0 Å². The Balaban J connectivity index is 0.00000112. The molecule has 1 saturated heterocycles. The van der Waals surface area contributed by atoms with E-state index in [1.54, 1.807) is 12.1 Å². The number of hydrogen-bond donors (Lipinski definition) is 1. The normalized spacial score (nSPS) is 16.6. The Labute approximate surface area is 96.2 Å². The van der Waals surface area contributed by atoms with Crippen LogP contribution in [0.15, 0.2) is 29.2 Å². The molecular weight excluding hydrogens is 234 g/mol. The van der Waals surface area contributed by atoms with E-state index < -0.39 is 9.84 Å². The van der Waals surface area contributed by atoms with Gasteiger partial charge >= 0.3 is 0 Å². The molecule has 0 saturated carbocycles. The van der Waals surface area contributed by atoms with E-state index in [9.17, 15) is 8.42 Å². The van der Waals surface area contributed by atoms with E-state index in [1.807, 2.05) is 19.1 Å². The molecule has 1 aromatic carbocycles. The van der Waals surface area contributed by atoms with E-state index in [0.717, 1.165) is 5.56 Å². The molecule has 1 N–H and O–H groups in total. The fourth-order valence-corrected chi connectivity index (χ4v) is 2.98. The molecule has 0 aromatic heterocycles. The number of hydrogen-bond acceptors (Lipinski definition) is 3. The maximum atomic E-state index is 11.9. The van der Waals surface area contributed by atoms with Crippen LogP contribution in [0.4, 0.5) is 0 Å². The van der Waals surface area contributed by atoms with E-state index in [-0.39, 0.29) is 17.7 Å². The zero-order valence-corrected chi connectivity index (χ0v) is 10.1. The van der Waals surface area contributed by atoms with Gasteiger partial charge in [-0.15, -0.1) is 12.4 Å². The van der Waals surface area contributed by atoms with Crippen molar-refractivity contribution in [3.05, 3.63) is 29.8 Å². The Bertz CT molecular complexity index is 423. The van der Waals surface area contributed by atoms with Gasteiger partial charge in [-0.2, -0.15) is 0 Å². The molecule has 2 rings (SSSR count). The van der Waals surface area contributed by atoms with Crippen molar-refractivity contribution in [1.82, 2.24) is 5.32 Å². The zero-order valence-electron chi connectivity index (χ0n) is 8.43. The van der Waals surface area contributed by atoms with Crippen molar-refractivity contribution in [2.45, 2.75) is 17.1 Å². The predicted octanol–water partition coefficient (Wildman–Crippen LogP) is 1.16. The summed E-state index contributed by atoms with van der Waals surface area (Å²) in [5.41, 5.74) is 1.08. The molecule has 0 atom stereocenters. The lowest BCUT2D eigenvalue weighted by Gasteiger charge is -2.26.